The number of carbonyl (C=O) groups excluding carboxylic acids is 2. The highest BCUT2D eigenvalue weighted by Gasteiger charge is 2.21. The molecule has 0 spiro atoms. The van der Waals surface area contributed by atoms with Crippen molar-refractivity contribution in [3.05, 3.63) is 50.7 Å². The summed E-state index contributed by atoms with van der Waals surface area (Å²) >= 11 is 7.84. The van der Waals surface area contributed by atoms with E-state index in [9.17, 15) is 9.59 Å². The lowest BCUT2D eigenvalue weighted by Gasteiger charge is -2.27. The molecule has 0 bridgehead atoms. The minimum Gasteiger partial charge on any atom is -0.355 e. The van der Waals surface area contributed by atoms with Gasteiger partial charge in [-0.3, -0.25) is 4.79 Å². The summed E-state index contributed by atoms with van der Waals surface area (Å²) in [6.45, 7) is 1.32. The van der Waals surface area contributed by atoms with E-state index in [1.165, 1.54) is 10.4 Å². The summed E-state index contributed by atoms with van der Waals surface area (Å²) in [5, 5.41) is 7.72. The van der Waals surface area contributed by atoms with Crippen molar-refractivity contribution in [3.8, 4) is 0 Å². The average Bonchev–Trinajstić information content (AvgIpc) is 3.01. The predicted octanol–water partition coefficient (Wildman–Crippen LogP) is 3.35. The predicted molar refractivity (Wildman–Crippen MR) is 92.3 cm³/mol. The number of benzene rings is 1. The van der Waals surface area contributed by atoms with Crippen LogP contribution in [0.4, 0.5) is 10.5 Å². The van der Waals surface area contributed by atoms with Gasteiger partial charge in [0.2, 0.25) is 0 Å². The number of amides is 3. The lowest BCUT2D eigenvalue weighted by Crippen LogP contribution is -2.38. The van der Waals surface area contributed by atoms with E-state index in [-0.39, 0.29) is 11.9 Å². The smallest absolute Gasteiger partial charge is 0.322 e. The lowest BCUT2D eigenvalue weighted by atomic mass is 10.1. The van der Waals surface area contributed by atoms with Crippen LogP contribution in [0.15, 0.2) is 29.6 Å². The summed E-state index contributed by atoms with van der Waals surface area (Å²) in [5.41, 5.74) is 2.17. The van der Waals surface area contributed by atoms with Gasteiger partial charge in [0, 0.05) is 30.7 Å². The summed E-state index contributed by atoms with van der Waals surface area (Å²) in [7, 11) is 1.55. The Bertz CT molecular complexity index is 760. The SMILES string of the molecule is CNC(=O)c1ccc(NC(=O)N2CCc3sccc3C2)cc1Cl. The maximum absolute atomic E-state index is 12.4. The highest BCUT2D eigenvalue weighted by atomic mass is 35.5. The van der Waals surface area contributed by atoms with Gasteiger partial charge in [0.25, 0.3) is 5.91 Å². The Balaban J connectivity index is 1.69. The van der Waals surface area contributed by atoms with Gasteiger partial charge >= 0.3 is 6.03 Å². The van der Waals surface area contributed by atoms with Crippen molar-refractivity contribution >= 4 is 40.6 Å². The molecule has 3 rings (SSSR count). The van der Waals surface area contributed by atoms with E-state index in [0.29, 0.717) is 29.4 Å². The first kappa shape index (κ1) is 15.8. The highest BCUT2D eigenvalue weighted by Crippen LogP contribution is 2.25. The number of carbonyl (C=O) groups is 2. The highest BCUT2D eigenvalue weighted by molar-refractivity contribution is 7.10. The van der Waals surface area contributed by atoms with E-state index in [1.807, 2.05) is 0 Å². The molecule has 1 aromatic carbocycles. The van der Waals surface area contributed by atoms with E-state index in [2.05, 4.69) is 22.1 Å². The van der Waals surface area contributed by atoms with Crippen LogP contribution in [0.25, 0.3) is 0 Å². The van der Waals surface area contributed by atoms with Gasteiger partial charge in [0.05, 0.1) is 10.6 Å². The van der Waals surface area contributed by atoms with Gasteiger partial charge in [-0.15, -0.1) is 11.3 Å². The average molecular weight is 350 g/mol. The summed E-state index contributed by atoms with van der Waals surface area (Å²) in [6.07, 6.45) is 0.886. The number of rotatable bonds is 2. The number of hydrogen-bond donors (Lipinski definition) is 2. The van der Waals surface area contributed by atoms with Crippen molar-refractivity contribution in [2.75, 3.05) is 18.9 Å². The number of thiophene rings is 1. The number of urea groups is 1. The first-order chi connectivity index (χ1) is 11.1. The number of fused-ring (bicyclic) bond motifs is 1. The van der Waals surface area contributed by atoms with Crippen LogP contribution < -0.4 is 10.6 Å². The molecule has 0 saturated carbocycles. The van der Waals surface area contributed by atoms with Crippen LogP contribution in [0.2, 0.25) is 5.02 Å². The second-order valence-electron chi connectivity index (χ2n) is 5.24. The Morgan fingerprint density at radius 3 is 2.87 bits per heavy atom. The molecular formula is C16H16ClN3O2S. The second-order valence-corrected chi connectivity index (χ2v) is 6.65. The normalized spacial score (nSPS) is 13.4. The van der Waals surface area contributed by atoms with Crippen molar-refractivity contribution in [2.24, 2.45) is 0 Å². The van der Waals surface area contributed by atoms with Gasteiger partial charge in [-0.1, -0.05) is 11.6 Å². The standard InChI is InChI=1S/C16H16ClN3O2S/c1-18-15(21)12-3-2-11(8-13(12)17)19-16(22)20-6-4-14-10(9-20)5-7-23-14/h2-3,5,7-8H,4,6,9H2,1H3,(H,18,21)(H,19,22). The summed E-state index contributed by atoms with van der Waals surface area (Å²) in [6, 6.07) is 6.77. The van der Waals surface area contributed by atoms with E-state index in [0.717, 1.165) is 6.42 Å². The molecule has 0 unspecified atom stereocenters. The van der Waals surface area contributed by atoms with Crippen LogP contribution in [0, 0.1) is 0 Å². The Kier molecular flexibility index (Phi) is 4.54. The van der Waals surface area contributed by atoms with E-state index >= 15 is 0 Å². The fourth-order valence-corrected chi connectivity index (χ4v) is 3.69. The van der Waals surface area contributed by atoms with Gasteiger partial charge < -0.3 is 15.5 Å². The zero-order valence-corrected chi connectivity index (χ0v) is 14.1. The van der Waals surface area contributed by atoms with Gasteiger partial charge in [-0.25, -0.2) is 4.79 Å². The number of nitrogens with one attached hydrogen (secondary N) is 2. The third kappa shape index (κ3) is 3.33. The van der Waals surface area contributed by atoms with Crippen LogP contribution >= 0.6 is 22.9 Å². The maximum Gasteiger partial charge on any atom is 0.322 e. The fraction of sp³-hybridized carbons (Fsp3) is 0.250. The van der Waals surface area contributed by atoms with E-state index in [1.54, 1.807) is 41.5 Å². The molecular weight excluding hydrogens is 334 g/mol. The summed E-state index contributed by atoms with van der Waals surface area (Å²) < 4.78 is 0. The Labute approximate surface area is 143 Å². The monoisotopic (exact) mass is 349 g/mol. The van der Waals surface area contributed by atoms with Crippen LogP contribution in [0.5, 0.6) is 0 Å². The van der Waals surface area contributed by atoms with Gasteiger partial charge in [0.1, 0.15) is 0 Å². The third-order valence-electron chi connectivity index (χ3n) is 3.79. The fourth-order valence-electron chi connectivity index (χ4n) is 2.54. The molecule has 2 heterocycles. The van der Waals surface area contributed by atoms with Crippen LogP contribution in [-0.2, 0) is 13.0 Å². The summed E-state index contributed by atoms with van der Waals surface area (Å²) in [4.78, 5) is 27.1. The van der Waals surface area contributed by atoms with Crippen LogP contribution in [0.1, 0.15) is 20.8 Å². The van der Waals surface area contributed by atoms with Crippen LogP contribution in [0.3, 0.4) is 0 Å². The van der Waals surface area contributed by atoms with Crippen molar-refractivity contribution in [3.63, 3.8) is 0 Å². The first-order valence-electron chi connectivity index (χ1n) is 7.21. The van der Waals surface area contributed by atoms with E-state index < -0.39 is 0 Å². The molecule has 0 atom stereocenters. The zero-order valence-electron chi connectivity index (χ0n) is 12.6. The number of anilines is 1. The molecule has 1 aliphatic heterocycles. The first-order valence-corrected chi connectivity index (χ1v) is 8.47. The molecule has 0 fully saturated rings. The third-order valence-corrected chi connectivity index (χ3v) is 5.12. The number of halogens is 1. The molecule has 120 valence electrons. The molecule has 23 heavy (non-hydrogen) atoms. The molecule has 1 aromatic heterocycles. The van der Waals surface area contributed by atoms with Gasteiger partial charge in [0.15, 0.2) is 0 Å². The molecule has 7 heteroatoms. The molecule has 3 amide bonds. The second kappa shape index (κ2) is 6.60. The number of hydrogen-bond acceptors (Lipinski definition) is 3. The van der Waals surface area contributed by atoms with Crippen molar-refractivity contribution in [1.29, 1.82) is 0 Å². The molecule has 0 radical (unpaired) electrons. The van der Waals surface area contributed by atoms with E-state index in [4.69, 9.17) is 11.6 Å². The van der Waals surface area contributed by atoms with Crippen molar-refractivity contribution in [1.82, 2.24) is 10.2 Å². The largest absolute Gasteiger partial charge is 0.355 e. The zero-order chi connectivity index (χ0) is 16.4. The summed E-state index contributed by atoms with van der Waals surface area (Å²) in [5.74, 6) is -0.256. The Hall–Kier alpha value is -2.05. The minimum atomic E-state index is -0.256. The number of nitrogens with zero attached hydrogens (tertiary/aromatic N) is 1. The minimum absolute atomic E-state index is 0.161. The molecule has 2 aromatic rings. The lowest BCUT2D eigenvalue weighted by molar-refractivity contribution is 0.0963. The van der Waals surface area contributed by atoms with Crippen molar-refractivity contribution in [2.45, 2.75) is 13.0 Å². The van der Waals surface area contributed by atoms with Gasteiger partial charge in [-0.2, -0.15) is 0 Å². The molecule has 0 aliphatic carbocycles. The van der Waals surface area contributed by atoms with Gasteiger partial charge in [-0.05, 0) is 41.6 Å². The quantitative estimate of drug-likeness (QED) is 0.873. The topological polar surface area (TPSA) is 61.4 Å². The molecule has 1 aliphatic rings. The molecule has 5 nitrogen and oxygen atoms in total. The maximum atomic E-state index is 12.4. The Morgan fingerprint density at radius 1 is 1.30 bits per heavy atom. The van der Waals surface area contributed by atoms with Crippen molar-refractivity contribution < 1.29 is 9.59 Å². The molecule has 0 saturated heterocycles. The van der Waals surface area contributed by atoms with Crippen LogP contribution in [-0.4, -0.2) is 30.4 Å². The Morgan fingerprint density at radius 2 is 2.13 bits per heavy atom. The molecule has 2 N–H and O–H groups in total.